The first-order valence-electron chi connectivity index (χ1n) is 8.18. The van der Waals surface area contributed by atoms with E-state index in [2.05, 4.69) is 43.9 Å². The maximum absolute atomic E-state index is 12.0. The van der Waals surface area contributed by atoms with E-state index in [9.17, 15) is 4.79 Å². The second-order valence-corrected chi connectivity index (χ2v) is 6.81. The zero-order valence-electron chi connectivity index (χ0n) is 13.6. The van der Waals surface area contributed by atoms with Crippen molar-refractivity contribution in [2.75, 3.05) is 16.3 Å². The fraction of sp³-hybridized carbons (Fsp3) is 0.611. The number of benzene rings is 1. The molecule has 0 spiro atoms. The molecular weight excluding hydrogens is 260 g/mol. The fourth-order valence-corrected chi connectivity index (χ4v) is 3.91. The van der Waals surface area contributed by atoms with E-state index in [4.69, 9.17) is 0 Å². The Morgan fingerprint density at radius 1 is 1.24 bits per heavy atom. The molecule has 1 amide bonds. The highest BCUT2D eigenvalue weighted by Gasteiger charge is 2.32. The summed E-state index contributed by atoms with van der Waals surface area (Å²) in [5, 5.41) is 0. The van der Waals surface area contributed by atoms with Crippen molar-refractivity contribution >= 4 is 17.3 Å². The number of hydrogen-bond donors (Lipinski definition) is 0. The minimum Gasteiger partial charge on any atom is -0.369 e. The lowest BCUT2D eigenvalue weighted by atomic mass is 9.87. The lowest BCUT2D eigenvalue weighted by Crippen LogP contribution is -2.45. The van der Waals surface area contributed by atoms with Crippen molar-refractivity contribution in [1.82, 2.24) is 0 Å². The molecule has 1 aromatic rings. The molecule has 0 N–H and O–H groups in total. The minimum absolute atomic E-state index is 0.151. The number of nitrogens with zero attached hydrogens (tertiary/aromatic N) is 2. The molecule has 2 aliphatic heterocycles. The van der Waals surface area contributed by atoms with Crippen molar-refractivity contribution in [1.29, 1.82) is 0 Å². The largest absolute Gasteiger partial charge is 0.369 e. The maximum atomic E-state index is 12.0. The van der Waals surface area contributed by atoms with Crippen molar-refractivity contribution in [3.05, 3.63) is 23.8 Å². The van der Waals surface area contributed by atoms with E-state index in [0.717, 1.165) is 18.7 Å². The average Bonchev–Trinajstić information content (AvgIpc) is 2.85. The summed E-state index contributed by atoms with van der Waals surface area (Å²) >= 11 is 0. The molecule has 114 valence electrons. The van der Waals surface area contributed by atoms with Gasteiger partial charge in [0.05, 0.1) is 0 Å². The third kappa shape index (κ3) is 2.43. The number of carbonyl (C=O) groups is 1. The van der Waals surface area contributed by atoms with Gasteiger partial charge < -0.3 is 9.80 Å². The van der Waals surface area contributed by atoms with Crippen LogP contribution in [0.4, 0.5) is 11.4 Å². The van der Waals surface area contributed by atoms with Crippen molar-refractivity contribution in [3.63, 3.8) is 0 Å². The van der Waals surface area contributed by atoms with E-state index >= 15 is 0 Å². The molecule has 0 aliphatic carbocycles. The summed E-state index contributed by atoms with van der Waals surface area (Å²) in [6.45, 7) is 9.54. The molecule has 3 heteroatoms. The first-order chi connectivity index (χ1) is 9.99. The van der Waals surface area contributed by atoms with Gasteiger partial charge in [0, 0.05) is 36.9 Å². The third-order valence-corrected chi connectivity index (χ3v) is 5.32. The predicted octanol–water partition coefficient (Wildman–Crippen LogP) is 3.61. The van der Waals surface area contributed by atoms with Crippen LogP contribution >= 0.6 is 0 Å². The molecule has 2 unspecified atom stereocenters. The lowest BCUT2D eigenvalue weighted by Gasteiger charge is -2.39. The van der Waals surface area contributed by atoms with Crippen LogP contribution < -0.4 is 9.80 Å². The Morgan fingerprint density at radius 3 is 2.62 bits per heavy atom. The Morgan fingerprint density at radius 2 is 2.00 bits per heavy atom. The predicted molar refractivity (Wildman–Crippen MR) is 88.0 cm³/mol. The van der Waals surface area contributed by atoms with E-state index in [1.165, 1.54) is 24.1 Å². The van der Waals surface area contributed by atoms with Gasteiger partial charge in [0.1, 0.15) is 0 Å². The van der Waals surface area contributed by atoms with Crippen LogP contribution in [0.1, 0.15) is 46.1 Å². The van der Waals surface area contributed by atoms with Gasteiger partial charge in [0.2, 0.25) is 5.91 Å². The highest BCUT2D eigenvalue weighted by atomic mass is 16.2. The summed E-state index contributed by atoms with van der Waals surface area (Å²) in [4.78, 5) is 16.5. The summed E-state index contributed by atoms with van der Waals surface area (Å²) in [5.41, 5.74) is 3.76. The molecule has 1 saturated heterocycles. The molecule has 1 fully saturated rings. The van der Waals surface area contributed by atoms with Gasteiger partial charge in [-0.3, -0.25) is 4.79 Å². The highest BCUT2D eigenvalue weighted by molar-refractivity contribution is 5.94. The van der Waals surface area contributed by atoms with Gasteiger partial charge in [-0.15, -0.1) is 0 Å². The molecule has 21 heavy (non-hydrogen) atoms. The van der Waals surface area contributed by atoms with Gasteiger partial charge in [0.15, 0.2) is 0 Å². The number of rotatable bonds is 1. The van der Waals surface area contributed by atoms with E-state index in [1.807, 2.05) is 4.90 Å². The van der Waals surface area contributed by atoms with Crippen LogP contribution in [-0.4, -0.2) is 24.5 Å². The number of fused-ring (bicyclic) bond motifs is 1. The summed E-state index contributed by atoms with van der Waals surface area (Å²) < 4.78 is 0. The second-order valence-electron chi connectivity index (χ2n) is 6.81. The van der Waals surface area contributed by atoms with Crippen LogP contribution in [0.2, 0.25) is 0 Å². The molecule has 0 radical (unpaired) electrons. The second kappa shape index (κ2) is 5.36. The molecule has 2 heterocycles. The molecule has 3 atom stereocenters. The third-order valence-electron chi connectivity index (χ3n) is 5.32. The van der Waals surface area contributed by atoms with E-state index in [0.29, 0.717) is 12.0 Å². The highest BCUT2D eigenvalue weighted by Crippen LogP contribution is 2.37. The standard InChI is InChI=1S/C18H26N2O/c1-12-10-16-11-17(19-9-5-6-13(19)2)7-8-18(16)20(14(12)3)15(4)21/h7-8,11-14H,5-6,9-10H2,1-4H3/t12?,13?,14-/m0/s1. The number of amides is 1. The number of hydrogen-bond acceptors (Lipinski definition) is 2. The molecule has 0 saturated carbocycles. The molecule has 3 nitrogen and oxygen atoms in total. The normalized spacial score (nSPS) is 28.7. The van der Waals surface area contributed by atoms with Crippen LogP contribution in [0.25, 0.3) is 0 Å². The Balaban J connectivity index is 1.98. The first-order valence-corrected chi connectivity index (χ1v) is 8.18. The van der Waals surface area contributed by atoms with Gasteiger partial charge in [-0.25, -0.2) is 0 Å². The fourth-order valence-electron chi connectivity index (χ4n) is 3.91. The minimum atomic E-state index is 0.151. The van der Waals surface area contributed by atoms with Gasteiger partial charge in [0.25, 0.3) is 0 Å². The average molecular weight is 286 g/mol. The Hall–Kier alpha value is -1.51. The molecule has 0 aromatic heterocycles. The van der Waals surface area contributed by atoms with Crippen LogP contribution in [0.5, 0.6) is 0 Å². The Bertz CT molecular complexity index is 554. The number of anilines is 2. The summed E-state index contributed by atoms with van der Waals surface area (Å²) in [6, 6.07) is 7.58. The van der Waals surface area contributed by atoms with Crippen molar-refractivity contribution in [2.45, 2.75) is 59.0 Å². The summed E-state index contributed by atoms with van der Waals surface area (Å²) in [6.07, 6.45) is 3.63. The molecule has 2 aliphatic rings. The van der Waals surface area contributed by atoms with E-state index in [1.54, 1.807) is 6.92 Å². The summed E-state index contributed by atoms with van der Waals surface area (Å²) in [7, 11) is 0. The molecule has 0 bridgehead atoms. The van der Waals surface area contributed by atoms with Gasteiger partial charge in [-0.05, 0) is 62.8 Å². The number of carbonyl (C=O) groups excluding carboxylic acids is 1. The van der Waals surface area contributed by atoms with Crippen LogP contribution in [0, 0.1) is 5.92 Å². The topological polar surface area (TPSA) is 23.6 Å². The molecule has 1 aromatic carbocycles. The zero-order chi connectivity index (χ0) is 15.1. The Kier molecular flexibility index (Phi) is 3.68. The zero-order valence-corrected chi connectivity index (χ0v) is 13.6. The maximum Gasteiger partial charge on any atom is 0.224 e. The van der Waals surface area contributed by atoms with Crippen LogP contribution in [0.15, 0.2) is 18.2 Å². The lowest BCUT2D eigenvalue weighted by molar-refractivity contribution is -0.117. The van der Waals surface area contributed by atoms with Gasteiger partial charge in [-0.1, -0.05) is 6.92 Å². The van der Waals surface area contributed by atoms with Crippen molar-refractivity contribution < 1.29 is 4.79 Å². The monoisotopic (exact) mass is 286 g/mol. The molecule has 3 rings (SSSR count). The SMILES string of the molecule is CC(=O)N1c2ccc(N3CCCC3C)cc2CC(C)[C@@H]1C. The van der Waals surface area contributed by atoms with E-state index in [-0.39, 0.29) is 11.9 Å². The Labute approximate surface area is 127 Å². The van der Waals surface area contributed by atoms with Crippen molar-refractivity contribution in [3.8, 4) is 0 Å². The first kappa shape index (κ1) is 14.4. The van der Waals surface area contributed by atoms with E-state index < -0.39 is 0 Å². The quantitative estimate of drug-likeness (QED) is 0.787. The van der Waals surface area contributed by atoms with Gasteiger partial charge >= 0.3 is 0 Å². The molecular formula is C18H26N2O. The van der Waals surface area contributed by atoms with Crippen LogP contribution in [0.3, 0.4) is 0 Å². The summed E-state index contributed by atoms with van der Waals surface area (Å²) in [5.74, 6) is 0.658. The van der Waals surface area contributed by atoms with Crippen molar-refractivity contribution in [2.24, 2.45) is 5.92 Å². The smallest absolute Gasteiger partial charge is 0.224 e. The van der Waals surface area contributed by atoms with Crippen LogP contribution in [-0.2, 0) is 11.2 Å². The van der Waals surface area contributed by atoms with Gasteiger partial charge in [-0.2, -0.15) is 0 Å².